The maximum Gasteiger partial charge on any atom is 0.320 e. The van der Waals surface area contributed by atoms with E-state index in [-0.39, 0.29) is 18.3 Å². The first-order chi connectivity index (χ1) is 11.0. The molecule has 2 unspecified atom stereocenters. The van der Waals surface area contributed by atoms with Crippen molar-refractivity contribution >= 4 is 30.0 Å². The Bertz CT molecular complexity index is 582. The monoisotopic (exact) mass is 358 g/mol. The number of amides is 1. The molecule has 7 nitrogen and oxygen atoms in total. The molecule has 0 radical (unpaired) electrons. The lowest BCUT2D eigenvalue weighted by Crippen LogP contribution is -2.47. The number of fused-ring (bicyclic) bond motifs is 1. The minimum atomic E-state index is -0.953. The number of hydrogen-bond acceptors (Lipinski definition) is 5. The third-order valence-corrected chi connectivity index (χ3v) is 3.53. The van der Waals surface area contributed by atoms with Gasteiger partial charge in [-0.3, -0.25) is 14.9 Å². The zero-order valence-electron chi connectivity index (χ0n) is 13.7. The predicted octanol–water partition coefficient (Wildman–Crippen LogP) is 2.05. The largest absolute Gasteiger partial charge is 0.486 e. The summed E-state index contributed by atoms with van der Waals surface area (Å²) >= 11 is 0. The van der Waals surface area contributed by atoms with E-state index >= 15 is 0 Å². The number of aliphatic carboxylic acids is 1. The fourth-order valence-corrected chi connectivity index (χ4v) is 2.32. The molecule has 0 aromatic heterocycles. The summed E-state index contributed by atoms with van der Waals surface area (Å²) in [5, 5.41) is 14.7. The van der Waals surface area contributed by atoms with Crippen molar-refractivity contribution in [2.24, 2.45) is 0 Å². The molecule has 2 rings (SSSR count). The molecule has 1 aromatic carbocycles. The Kier molecular flexibility index (Phi) is 7.81. The van der Waals surface area contributed by atoms with Crippen LogP contribution in [0.2, 0.25) is 0 Å². The van der Waals surface area contributed by atoms with Gasteiger partial charge in [0.1, 0.15) is 19.3 Å². The van der Waals surface area contributed by atoms with Gasteiger partial charge in [-0.1, -0.05) is 13.3 Å². The highest BCUT2D eigenvalue weighted by molar-refractivity contribution is 5.95. The van der Waals surface area contributed by atoms with Crippen molar-refractivity contribution in [2.75, 3.05) is 18.5 Å². The molecular formula is C16H23ClN2O5. The van der Waals surface area contributed by atoms with E-state index in [0.29, 0.717) is 36.8 Å². The smallest absolute Gasteiger partial charge is 0.320 e. The fourth-order valence-electron chi connectivity index (χ4n) is 2.32. The number of carboxylic acid groups (broad SMARTS) is 1. The molecule has 134 valence electrons. The molecule has 3 N–H and O–H groups in total. The Morgan fingerprint density at radius 2 is 1.92 bits per heavy atom. The van der Waals surface area contributed by atoms with Gasteiger partial charge in [-0.25, -0.2) is 0 Å². The molecule has 2 atom stereocenters. The van der Waals surface area contributed by atoms with Crippen LogP contribution in [0.25, 0.3) is 0 Å². The normalized spacial score (nSPS) is 14.9. The van der Waals surface area contributed by atoms with Gasteiger partial charge in [0.05, 0.1) is 6.04 Å². The van der Waals surface area contributed by atoms with Gasteiger partial charge in [0.25, 0.3) is 0 Å². The zero-order valence-corrected chi connectivity index (χ0v) is 14.5. The van der Waals surface area contributed by atoms with Crippen LogP contribution in [0, 0.1) is 0 Å². The molecule has 0 bridgehead atoms. The Hall–Kier alpha value is -1.99. The lowest BCUT2D eigenvalue weighted by Gasteiger charge is -2.21. The summed E-state index contributed by atoms with van der Waals surface area (Å²) in [6, 6.07) is 3.79. The van der Waals surface area contributed by atoms with E-state index in [1.54, 1.807) is 25.1 Å². The van der Waals surface area contributed by atoms with Crippen LogP contribution in [-0.2, 0) is 9.59 Å². The summed E-state index contributed by atoms with van der Waals surface area (Å²) in [4.78, 5) is 23.3. The highest BCUT2D eigenvalue weighted by Crippen LogP contribution is 2.32. The topological polar surface area (TPSA) is 96.9 Å². The standard InChI is InChI=1S/C16H22N2O5.ClH/c1-3-4-12(16(20)21)17-10(2)15(19)18-11-5-6-13-14(9-11)23-8-7-22-13;/h5-6,9-10,12,17H,3-4,7-8H2,1-2H3,(H,18,19)(H,20,21);1H. The SMILES string of the molecule is CCCC(NC(C)C(=O)Nc1ccc2c(c1)OCCO2)C(=O)O.Cl. The van der Waals surface area contributed by atoms with E-state index in [4.69, 9.17) is 14.6 Å². The van der Waals surface area contributed by atoms with Crippen LogP contribution < -0.4 is 20.1 Å². The van der Waals surface area contributed by atoms with Crippen molar-refractivity contribution in [3.8, 4) is 11.5 Å². The average molecular weight is 359 g/mol. The lowest BCUT2D eigenvalue weighted by molar-refractivity contribution is -0.140. The van der Waals surface area contributed by atoms with Crippen molar-refractivity contribution in [1.29, 1.82) is 0 Å². The van der Waals surface area contributed by atoms with E-state index in [9.17, 15) is 9.59 Å². The van der Waals surface area contributed by atoms with Crippen molar-refractivity contribution in [3.63, 3.8) is 0 Å². The summed E-state index contributed by atoms with van der Waals surface area (Å²) in [6.45, 7) is 4.52. The van der Waals surface area contributed by atoms with Gasteiger partial charge in [0, 0.05) is 11.8 Å². The minimum Gasteiger partial charge on any atom is -0.486 e. The first-order valence-corrected chi connectivity index (χ1v) is 7.70. The number of benzene rings is 1. The summed E-state index contributed by atoms with van der Waals surface area (Å²) in [5.74, 6) is -0.0202. The Balaban J connectivity index is 0.00000288. The van der Waals surface area contributed by atoms with Crippen LogP contribution in [0.15, 0.2) is 18.2 Å². The number of ether oxygens (including phenoxy) is 2. The molecule has 1 aliphatic heterocycles. The Morgan fingerprint density at radius 1 is 1.25 bits per heavy atom. The lowest BCUT2D eigenvalue weighted by atomic mass is 10.1. The third kappa shape index (κ3) is 5.28. The Labute approximate surface area is 147 Å². The van der Waals surface area contributed by atoms with Gasteiger partial charge < -0.3 is 19.9 Å². The second-order valence-corrected chi connectivity index (χ2v) is 5.42. The first kappa shape index (κ1) is 20.1. The molecule has 0 spiro atoms. The number of anilines is 1. The van der Waals surface area contributed by atoms with E-state index < -0.39 is 18.1 Å². The van der Waals surface area contributed by atoms with Crippen molar-refractivity contribution in [1.82, 2.24) is 5.32 Å². The second kappa shape index (κ2) is 9.34. The van der Waals surface area contributed by atoms with Gasteiger partial charge in [-0.15, -0.1) is 12.4 Å². The van der Waals surface area contributed by atoms with Crippen LogP contribution in [-0.4, -0.2) is 42.3 Å². The molecule has 8 heteroatoms. The average Bonchev–Trinajstić information content (AvgIpc) is 2.54. The molecule has 0 fully saturated rings. The molecule has 0 saturated heterocycles. The van der Waals surface area contributed by atoms with E-state index in [1.165, 1.54) is 0 Å². The number of carbonyl (C=O) groups excluding carboxylic acids is 1. The van der Waals surface area contributed by atoms with Gasteiger partial charge in [0.2, 0.25) is 5.91 Å². The van der Waals surface area contributed by atoms with Crippen molar-refractivity contribution in [3.05, 3.63) is 18.2 Å². The van der Waals surface area contributed by atoms with Gasteiger partial charge in [0.15, 0.2) is 11.5 Å². The quantitative estimate of drug-likeness (QED) is 0.690. The van der Waals surface area contributed by atoms with Crippen LogP contribution in [0.5, 0.6) is 11.5 Å². The number of nitrogens with one attached hydrogen (secondary N) is 2. The fraction of sp³-hybridized carbons (Fsp3) is 0.500. The van der Waals surface area contributed by atoms with Crippen LogP contribution in [0.1, 0.15) is 26.7 Å². The number of rotatable bonds is 7. The van der Waals surface area contributed by atoms with E-state index in [1.807, 2.05) is 6.92 Å². The summed E-state index contributed by atoms with van der Waals surface area (Å²) in [5.41, 5.74) is 0.579. The number of hydrogen-bond donors (Lipinski definition) is 3. The van der Waals surface area contributed by atoms with E-state index in [2.05, 4.69) is 10.6 Å². The zero-order chi connectivity index (χ0) is 16.8. The molecule has 1 aliphatic rings. The number of carbonyl (C=O) groups is 2. The molecule has 0 aliphatic carbocycles. The third-order valence-electron chi connectivity index (χ3n) is 3.53. The van der Waals surface area contributed by atoms with E-state index in [0.717, 1.165) is 6.42 Å². The van der Waals surface area contributed by atoms with Crippen LogP contribution >= 0.6 is 12.4 Å². The Morgan fingerprint density at radius 3 is 2.54 bits per heavy atom. The summed E-state index contributed by atoms with van der Waals surface area (Å²) in [6.07, 6.45) is 1.19. The number of carboxylic acids is 1. The minimum absolute atomic E-state index is 0. The van der Waals surface area contributed by atoms with Gasteiger partial charge in [-0.05, 0) is 25.5 Å². The predicted molar refractivity (Wildman–Crippen MR) is 92.2 cm³/mol. The van der Waals surface area contributed by atoms with Gasteiger partial charge in [-0.2, -0.15) is 0 Å². The molecular weight excluding hydrogens is 336 g/mol. The molecule has 0 saturated carbocycles. The summed E-state index contributed by atoms with van der Waals surface area (Å²) in [7, 11) is 0. The molecule has 1 heterocycles. The highest BCUT2D eigenvalue weighted by atomic mass is 35.5. The van der Waals surface area contributed by atoms with Crippen LogP contribution in [0.3, 0.4) is 0 Å². The molecule has 24 heavy (non-hydrogen) atoms. The maximum atomic E-state index is 12.2. The maximum absolute atomic E-state index is 12.2. The number of halogens is 1. The van der Waals surface area contributed by atoms with Crippen LogP contribution in [0.4, 0.5) is 5.69 Å². The molecule has 1 amide bonds. The summed E-state index contributed by atoms with van der Waals surface area (Å²) < 4.78 is 10.9. The van der Waals surface area contributed by atoms with Crippen molar-refractivity contribution < 1.29 is 24.2 Å². The highest BCUT2D eigenvalue weighted by Gasteiger charge is 2.22. The molecule has 1 aromatic rings. The first-order valence-electron chi connectivity index (χ1n) is 7.70. The van der Waals surface area contributed by atoms with Crippen molar-refractivity contribution in [2.45, 2.75) is 38.8 Å². The second-order valence-electron chi connectivity index (χ2n) is 5.42. The van der Waals surface area contributed by atoms with Gasteiger partial charge >= 0.3 is 5.97 Å².